The van der Waals surface area contributed by atoms with Crippen LogP contribution in [0.4, 0.5) is 0 Å². The van der Waals surface area contributed by atoms with Gasteiger partial charge in [-0.25, -0.2) is 0 Å². The number of aromatic hydroxyl groups is 1. The van der Waals surface area contributed by atoms with E-state index in [0.717, 1.165) is 24.5 Å². The predicted molar refractivity (Wildman–Crippen MR) is 84.9 cm³/mol. The van der Waals surface area contributed by atoms with E-state index >= 15 is 0 Å². The minimum atomic E-state index is 0.313. The number of rotatable bonds is 6. The van der Waals surface area contributed by atoms with Gasteiger partial charge < -0.3 is 9.84 Å². The number of benzene rings is 2. The fourth-order valence-corrected chi connectivity index (χ4v) is 2.66. The molecule has 0 fully saturated rings. The summed E-state index contributed by atoms with van der Waals surface area (Å²) in [6, 6.07) is 13.6. The molecule has 0 aromatic heterocycles. The molecule has 2 rings (SSSR count). The van der Waals surface area contributed by atoms with Crippen molar-refractivity contribution >= 4 is 11.8 Å². The fraction of sp³-hybridized carbons (Fsp3) is 0.294. The molecule has 0 saturated heterocycles. The van der Waals surface area contributed by atoms with Gasteiger partial charge in [0.2, 0.25) is 0 Å². The first-order chi connectivity index (χ1) is 9.65. The largest absolute Gasteiger partial charge is 0.508 e. The third-order valence-corrected chi connectivity index (χ3v) is 4.09. The number of phenolic OH excluding ortho intramolecular Hbond substituents is 1. The van der Waals surface area contributed by atoms with Crippen LogP contribution in [0, 0.1) is 13.8 Å². The number of hydrogen-bond acceptors (Lipinski definition) is 3. The molecule has 20 heavy (non-hydrogen) atoms. The molecule has 0 spiro atoms. The van der Waals surface area contributed by atoms with Crippen LogP contribution in [0.1, 0.15) is 17.5 Å². The second kappa shape index (κ2) is 7.25. The molecule has 0 atom stereocenters. The topological polar surface area (TPSA) is 29.5 Å². The van der Waals surface area contributed by atoms with Crippen molar-refractivity contribution in [2.45, 2.75) is 25.2 Å². The molecule has 3 heteroatoms. The highest BCUT2D eigenvalue weighted by molar-refractivity contribution is 7.99. The Kier molecular flexibility index (Phi) is 5.36. The molecule has 106 valence electrons. The van der Waals surface area contributed by atoms with Crippen LogP contribution in [0.5, 0.6) is 11.5 Å². The van der Waals surface area contributed by atoms with E-state index < -0.39 is 0 Å². The summed E-state index contributed by atoms with van der Waals surface area (Å²) >= 11 is 1.78. The third kappa shape index (κ3) is 4.49. The van der Waals surface area contributed by atoms with Gasteiger partial charge >= 0.3 is 0 Å². The Morgan fingerprint density at radius 1 is 1.05 bits per heavy atom. The predicted octanol–water partition coefficient (Wildman–Crippen LogP) is 4.57. The smallest absolute Gasteiger partial charge is 0.122 e. The third-order valence-electron chi connectivity index (χ3n) is 3.00. The molecule has 0 aliphatic heterocycles. The van der Waals surface area contributed by atoms with Crippen LogP contribution < -0.4 is 4.74 Å². The average Bonchev–Trinajstić information content (AvgIpc) is 2.44. The van der Waals surface area contributed by atoms with Crippen LogP contribution in [0.2, 0.25) is 0 Å². The summed E-state index contributed by atoms with van der Waals surface area (Å²) in [6.45, 7) is 4.88. The number of ether oxygens (including phenoxy) is 1. The fourth-order valence-electron chi connectivity index (χ4n) is 1.84. The van der Waals surface area contributed by atoms with Crippen LogP contribution in [-0.4, -0.2) is 17.5 Å². The van der Waals surface area contributed by atoms with Crippen molar-refractivity contribution in [3.05, 3.63) is 53.6 Å². The van der Waals surface area contributed by atoms with Crippen LogP contribution in [0.25, 0.3) is 0 Å². The second-order valence-electron chi connectivity index (χ2n) is 4.81. The number of aryl methyl sites for hydroxylation is 2. The molecule has 2 nitrogen and oxygen atoms in total. The Labute approximate surface area is 124 Å². The summed E-state index contributed by atoms with van der Waals surface area (Å²) in [5.74, 6) is 2.31. The first-order valence-corrected chi connectivity index (χ1v) is 7.75. The van der Waals surface area contributed by atoms with Crippen molar-refractivity contribution in [2.75, 3.05) is 12.4 Å². The zero-order valence-electron chi connectivity index (χ0n) is 11.9. The zero-order valence-corrected chi connectivity index (χ0v) is 12.7. The summed E-state index contributed by atoms with van der Waals surface area (Å²) in [4.78, 5) is 1.18. The number of thioether (sulfide) groups is 1. The lowest BCUT2D eigenvalue weighted by molar-refractivity contribution is 0.316. The monoisotopic (exact) mass is 288 g/mol. The first kappa shape index (κ1) is 14.8. The van der Waals surface area contributed by atoms with E-state index in [0.29, 0.717) is 5.75 Å². The Bertz CT molecular complexity index is 549. The Hall–Kier alpha value is -1.61. The molecule has 2 aromatic rings. The molecule has 0 bridgehead atoms. The standard InChI is InChI=1S/C17H20O2S/c1-13-4-5-14(2)17(12-13)19-10-3-11-20-16-8-6-15(18)7-9-16/h4-9,12,18H,3,10-11H2,1-2H3. The Morgan fingerprint density at radius 2 is 1.80 bits per heavy atom. The first-order valence-electron chi connectivity index (χ1n) is 6.77. The van der Waals surface area contributed by atoms with E-state index in [1.807, 2.05) is 12.1 Å². The highest BCUT2D eigenvalue weighted by Crippen LogP contribution is 2.22. The van der Waals surface area contributed by atoms with Crippen molar-refractivity contribution in [2.24, 2.45) is 0 Å². The molecule has 0 aliphatic carbocycles. The molecule has 0 amide bonds. The molecule has 0 heterocycles. The van der Waals surface area contributed by atoms with E-state index in [4.69, 9.17) is 4.74 Å². The van der Waals surface area contributed by atoms with E-state index in [9.17, 15) is 5.11 Å². The summed E-state index contributed by atoms with van der Waals surface area (Å²) in [5.41, 5.74) is 2.41. The number of phenols is 1. The van der Waals surface area contributed by atoms with Gasteiger partial charge in [-0.05, 0) is 61.7 Å². The van der Waals surface area contributed by atoms with E-state index in [-0.39, 0.29) is 0 Å². The van der Waals surface area contributed by atoms with E-state index in [1.54, 1.807) is 23.9 Å². The zero-order chi connectivity index (χ0) is 14.4. The van der Waals surface area contributed by atoms with Crippen molar-refractivity contribution in [3.63, 3.8) is 0 Å². The van der Waals surface area contributed by atoms with Gasteiger partial charge in [-0.15, -0.1) is 11.8 Å². The lowest BCUT2D eigenvalue weighted by Gasteiger charge is -2.09. The van der Waals surface area contributed by atoms with Crippen molar-refractivity contribution in [1.82, 2.24) is 0 Å². The maximum absolute atomic E-state index is 9.21. The normalized spacial score (nSPS) is 10.5. The van der Waals surface area contributed by atoms with Gasteiger partial charge in [-0.3, -0.25) is 0 Å². The highest BCUT2D eigenvalue weighted by atomic mass is 32.2. The molecule has 0 saturated carbocycles. The minimum Gasteiger partial charge on any atom is -0.508 e. The Balaban J connectivity index is 1.71. The molecule has 0 radical (unpaired) electrons. The Morgan fingerprint density at radius 3 is 2.55 bits per heavy atom. The van der Waals surface area contributed by atoms with Crippen LogP contribution in [0.15, 0.2) is 47.4 Å². The summed E-state index contributed by atoms with van der Waals surface area (Å²) in [6.07, 6.45) is 0.999. The second-order valence-corrected chi connectivity index (χ2v) is 5.98. The van der Waals surface area contributed by atoms with Gasteiger partial charge in [0.05, 0.1) is 6.61 Å². The maximum Gasteiger partial charge on any atom is 0.122 e. The van der Waals surface area contributed by atoms with Gasteiger partial charge in [-0.2, -0.15) is 0 Å². The summed E-state index contributed by atoms with van der Waals surface area (Å²) < 4.78 is 5.82. The van der Waals surface area contributed by atoms with E-state index in [2.05, 4.69) is 32.0 Å². The SMILES string of the molecule is Cc1ccc(C)c(OCCCSc2ccc(O)cc2)c1. The lowest BCUT2D eigenvalue weighted by atomic mass is 10.1. The van der Waals surface area contributed by atoms with Crippen molar-refractivity contribution < 1.29 is 9.84 Å². The van der Waals surface area contributed by atoms with Gasteiger partial charge in [0.15, 0.2) is 0 Å². The lowest BCUT2D eigenvalue weighted by Crippen LogP contribution is -2.00. The minimum absolute atomic E-state index is 0.313. The van der Waals surface area contributed by atoms with Gasteiger partial charge in [0.25, 0.3) is 0 Å². The molecule has 2 aromatic carbocycles. The average molecular weight is 288 g/mol. The van der Waals surface area contributed by atoms with Crippen LogP contribution in [-0.2, 0) is 0 Å². The maximum atomic E-state index is 9.21. The summed E-state index contributed by atoms with van der Waals surface area (Å²) in [5, 5.41) is 9.21. The van der Waals surface area contributed by atoms with Gasteiger partial charge in [-0.1, -0.05) is 12.1 Å². The molecular weight excluding hydrogens is 268 g/mol. The molecular formula is C17H20O2S. The molecule has 0 unspecified atom stereocenters. The molecule has 1 N–H and O–H groups in total. The molecule has 0 aliphatic rings. The van der Waals surface area contributed by atoms with Gasteiger partial charge in [0.1, 0.15) is 11.5 Å². The van der Waals surface area contributed by atoms with Crippen LogP contribution >= 0.6 is 11.8 Å². The highest BCUT2D eigenvalue weighted by Gasteiger charge is 2.00. The van der Waals surface area contributed by atoms with Gasteiger partial charge in [0, 0.05) is 10.6 Å². The van der Waals surface area contributed by atoms with E-state index in [1.165, 1.54) is 16.0 Å². The van der Waals surface area contributed by atoms with Crippen LogP contribution in [0.3, 0.4) is 0 Å². The van der Waals surface area contributed by atoms with Crippen molar-refractivity contribution in [3.8, 4) is 11.5 Å². The quantitative estimate of drug-likeness (QED) is 0.623. The summed E-state index contributed by atoms with van der Waals surface area (Å²) in [7, 11) is 0. The number of hydrogen-bond donors (Lipinski definition) is 1. The van der Waals surface area contributed by atoms with Crippen molar-refractivity contribution in [1.29, 1.82) is 0 Å².